The number of aromatic nitrogens is 4. The number of aryl methyl sites for hydroxylation is 1. The fourth-order valence-electron chi connectivity index (χ4n) is 1.41. The smallest absolute Gasteiger partial charge is 0.167 e. The maximum absolute atomic E-state index is 5.72. The molecule has 2 rings (SSSR count). The average Bonchev–Trinajstić information content (AvgIpc) is 2.79. The van der Waals surface area contributed by atoms with Gasteiger partial charge in [0.2, 0.25) is 0 Å². The van der Waals surface area contributed by atoms with Crippen LogP contribution in [0, 0.1) is 5.92 Å². The van der Waals surface area contributed by atoms with Crippen molar-refractivity contribution in [2.45, 2.75) is 38.8 Å². The molecule has 1 atom stereocenters. The van der Waals surface area contributed by atoms with E-state index in [0.717, 1.165) is 18.3 Å². The third-order valence-electron chi connectivity index (χ3n) is 2.41. The molecule has 72 valence electrons. The lowest BCUT2D eigenvalue weighted by molar-refractivity contribution is 0.500. The molecule has 5 nitrogen and oxygen atoms in total. The Bertz CT molecular complexity index is 276. The van der Waals surface area contributed by atoms with Crippen LogP contribution in [0.5, 0.6) is 0 Å². The summed E-state index contributed by atoms with van der Waals surface area (Å²) in [7, 11) is 0. The molecule has 1 aromatic rings. The van der Waals surface area contributed by atoms with Crippen molar-refractivity contribution in [3.63, 3.8) is 0 Å². The Morgan fingerprint density at radius 3 is 3.00 bits per heavy atom. The molecule has 1 unspecified atom stereocenters. The minimum Gasteiger partial charge on any atom is -0.322 e. The first-order chi connectivity index (χ1) is 6.27. The van der Waals surface area contributed by atoms with Crippen molar-refractivity contribution in [1.82, 2.24) is 20.2 Å². The molecular weight excluding hydrogens is 166 g/mol. The third-order valence-corrected chi connectivity index (χ3v) is 2.41. The summed E-state index contributed by atoms with van der Waals surface area (Å²) in [6, 6.07) is -0.0748. The fraction of sp³-hybridized carbons (Fsp3) is 0.875. The van der Waals surface area contributed by atoms with Gasteiger partial charge in [0.25, 0.3) is 0 Å². The van der Waals surface area contributed by atoms with Crippen LogP contribution in [0.1, 0.15) is 38.1 Å². The Balaban J connectivity index is 1.96. The molecule has 0 aromatic carbocycles. The molecule has 1 fully saturated rings. The summed E-state index contributed by atoms with van der Waals surface area (Å²) in [4.78, 5) is 0. The predicted octanol–water partition coefficient (Wildman–Crippen LogP) is 0.493. The Labute approximate surface area is 77.3 Å². The highest BCUT2D eigenvalue weighted by Crippen LogP contribution is 2.32. The zero-order valence-corrected chi connectivity index (χ0v) is 7.85. The van der Waals surface area contributed by atoms with Crippen molar-refractivity contribution in [1.29, 1.82) is 0 Å². The normalized spacial score (nSPS) is 18.9. The zero-order valence-electron chi connectivity index (χ0n) is 7.85. The van der Waals surface area contributed by atoms with E-state index < -0.39 is 0 Å². The highest BCUT2D eigenvalue weighted by Gasteiger charge is 2.21. The minimum absolute atomic E-state index is 0.0748. The van der Waals surface area contributed by atoms with Gasteiger partial charge >= 0.3 is 0 Å². The van der Waals surface area contributed by atoms with Crippen LogP contribution in [-0.2, 0) is 6.54 Å². The lowest BCUT2D eigenvalue weighted by Crippen LogP contribution is -2.14. The van der Waals surface area contributed by atoms with Gasteiger partial charge in [0.1, 0.15) is 0 Å². The number of rotatable bonds is 4. The zero-order chi connectivity index (χ0) is 9.26. The molecule has 1 aromatic heterocycles. The molecule has 0 saturated heterocycles. The highest BCUT2D eigenvalue weighted by molar-refractivity contribution is 4.87. The Hall–Kier alpha value is -0.970. The van der Waals surface area contributed by atoms with Crippen LogP contribution in [-0.4, -0.2) is 20.2 Å². The van der Waals surface area contributed by atoms with E-state index in [0.29, 0.717) is 0 Å². The van der Waals surface area contributed by atoms with Crippen molar-refractivity contribution in [2.24, 2.45) is 11.7 Å². The molecule has 2 N–H and O–H groups in total. The van der Waals surface area contributed by atoms with Gasteiger partial charge in [-0.3, -0.25) is 0 Å². The molecule has 1 aliphatic carbocycles. The first-order valence-corrected chi connectivity index (χ1v) is 4.79. The first kappa shape index (κ1) is 8.62. The molecule has 0 spiro atoms. The summed E-state index contributed by atoms with van der Waals surface area (Å²) in [5.74, 6) is 1.70. The van der Waals surface area contributed by atoms with Crippen molar-refractivity contribution >= 4 is 0 Å². The molecule has 1 saturated carbocycles. The van der Waals surface area contributed by atoms with Crippen LogP contribution in [0.2, 0.25) is 0 Å². The van der Waals surface area contributed by atoms with Gasteiger partial charge in [-0.25, -0.2) is 4.68 Å². The second-order valence-electron chi connectivity index (χ2n) is 3.78. The number of tetrazole rings is 1. The third kappa shape index (κ3) is 2.03. The van der Waals surface area contributed by atoms with E-state index in [9.17, 15) is 0 Å². The van der Waals surface area contributed by atoms with E-state index in [1.54, 1.807) is 0 Å². The quantitative estimate of drug-likeness (QED) is 0.734. The molecule has 0 aliphatic heterocycles. The van der Waals surface area contributed by atoms with Gasteiger partial charge in [0.05, 0.1) is 6.04 Å². The van der Waals surface area contributed by atoms with E-state index in [1.165, 1.54) is 19.3 Å². The fourth-order valence-corrected chi connectivity index (χ4v) is 1.41. The number of nitrogens with two attached hydrogens (primary N) is 1. The van der Waals surface area contributed by atoms with Gasteiger partial charge in [-0.1, -0.05) is 12.8 Å². The van der Waals surface area contributed by atoms with Crippen LogP contribution in [0.25, 0.3) is 0 Å². The summed E-state index contributed by atoms with van der Waals surface area (Å²) < 4.78 is 1.82. The molecule has 1 aliphatic rings. The largest absolute Gasteiger partial charge is 0.322 e. The second-order valence-corrected chi connectivity index (χ2v) is 3.78. The van der Waals surface area contributed by atoms with Crippen LogP contribution in [0.15, 0.2) is 0 Å². The Morgan fingerprint density at radius 1 is 1.62 bits per heavy atom. The molecule has 5 heteroatoms. The predicted molar refractivity (Wildman–Crippen MR) is 47.8 cm³/mol. The molecule has 0 radical (unpaired) electrons. The molecule has 13 heavy (non-hydrogen) atoms. The average molecular weight is 181 g/mol. The van der Waals surface area contributed by atoms with Crippen LogP contribution in [0.4, 0.5) is 0 Å². The summed E-state index contributed by atoms with van der Waals surface area (Å²) in [5, 5.41) is 11.4. The van der Waals surface area contributed by atoms with Gasteiger partial charge in [-0.15, -0.1) is 5.10 Å². The van der Waals surface area contributed by atoms with E-state index in [-0.39, 0.29) is 6.04 Å². The first-order valence-electron chi connectivity index (χ1n) is 4.79. The van der Waals surface area contributed by atoms with Gasteiger partial charge in [0.15, 0.2) is 5.82 Å². The molecule has 0 bridgehead atoms. The van der Waals surface area contributed by atoms with Gasteiger partial charge in [-0.2, -0.15) is 0 Å². The highest BCUT2D eigenvalue weighted by atomic mass is 15.5. The summed E-state index contributed by atoms with van der Waals surface area (Å²) in [6.45, 7) is 2.81. The second kappa shape index (κ2) is 3.41. The Morgan fingerprint density at radius 2 is 2.38 bits per heavy atom. The van der Waals surface area contributed by atoms with Gasteiger partial charge in [-0.05, 0) is 29.7 Å². The van der Waals surface area contributed by atoms with Gasteiger partial charge in [0, 0.05) is 6.54 Å². The number of nitrogens with zero attached hydrogens (tertiary/aromatic N) is 4. The van der Waals surface area contributed by atoms with Crippen LogP contribution >= 0.6 is 0 Å². The van der Waals surface area contributed by atoms with Gasteiger partial charge < -0.3 is 5.73 Å². The number of hydrogen-bond acceptors (Lipinski definition) is 4. The summed E-state index contributed by atoms with van der Waals surface area (Å²) >= 11 is 0. The SMILES string of the molecule is CC(N)c1nnnn1CCC1CC1. The minimum atomic E-state index is -0.0748. The monoisotopic (exact) mass is 181 g/mol. The molecule has 1 heterocycles. The van der Waals surface area contributed by atoms with Crippen molar-refractivity contribution in [2.75, 3.05) is 0 Å². The topological polar surface area (TPSA) is 69.6 Å². The van der Waals surface area contributed by atoms with Crippen LogP contribution < -0.4 is 5.73 Å². The number of hydrogen-bond donors (Lipinski definition) is 1. The summed E-state index contributed by atoms with van der Waals surface area (Å²) in [5.41, 5.74) is 5.72. The van der Waals surface area contributed by atoms with Crippen molar-refractivity contribution < 1.29 is 0 Å². The van der Waals surface area contributed by atoms with Crippen molar-refractivity contribution in [3.05, 3.63) is 5.82 Å². The van der Waals surface area contributed by atoms with E-state index in [1.807, 2.05) is 11.6 Å². The standard InChI is InChI=1S/C8H15N5/c1-6(9)8-10-11-12-13(8)5-4-7-2-3-7/h6-7H,2-5,9H2,1H3. The Kier molecular flexibility index (Phi) is 2.26. The lowest BCUT2D eigenvalue weighted by atomic mass is 10.3. The van der Waals surface area contributed by atoms with Crippen molar-refractivity contribution in [3.8, 4) is 0 Å². The van der Waals surface area contributed by atoms with E-state index in [2.05, 4.69) is 15.5 Å². The maximum atomic E-state index is 5.72. The maximum Gasteiger partial charge on any atom is 0.167 e. The van der Waals surface area contributed by atoms with E-state index >= 15 is 0 Å². The molecular formula is C8H15N5. The lowest BCUT2D eigenvalue weighted by Gasteiger charge is -2.05. The van der Waals surface area contributed by atoms with Crippen LogP contribution in [0.3, 0.4) is 0 Å². The van der Waals surface area contributed by atoms with E-state index in [4.69, 9.17) is 5.73 Å². The summed E-state index contributed by atoms with van der Waals surface area (Å²) in [6.07, 6.45) is 3.93. The molecule has 0 amide bonds.